The lowest BCUT2D eigenvalue weighted by molar-refractivity contribution is 0.205. The van der Waals surface area contributed by atoms with Crippen LogP contribution in [-0.4, -0.2) is 36.6 Å². The lowest BCUT2D eigenvalue weighted by Gasteiger charge is -2.28. The van der Waals surface area contributed by atoms with Crippen molar-refractivity contribution in [2.75, 3.05) is 19.6 Å². The third-order valence-electron chi connectivity index (χ3n) is 3.34. The molecule has 0 amide bonds. The highest BCUT2D eigenvalue weighted by molar-refractivity contribution is 4.87. The molecule has 0 aromatic rings. The van der Waals surface area contributed by atoms with E-state index in [4.69, 9.17) is 0 Å². The zero-order valence-corrected chi connectivity index (χ0v) is 10.8. The van der Waals surface area contributed by atoms with Gasteiger partial charge in [-0.3, -0.25) is 4.90 Å². The van der Waals surface area contributed by atoms with Crippen molar-refractivity contribution in [1.82, 2.24) is 10.2 Å². The van der Waals surface area contributed by atoms with Gasteiger partial charge in [-0.1, -0.05) is 26.7 Å². The van der Waals surface area contributed by atoms with E-state index in [-0.39, 0.29) is 0 Å². The van der Waals surface area contributed by atoms with Crippen LogP contribution < -0.4 is 5.32 Å². The highest BCUT2D eigenvalue weighted by atomic mass is 15.2. The summed E-state index contributed by atoms with van der Waals surface area (Å²) < 4.78 is 0. The summed E-state index contributed by atoms with van der Waals surface area (Å²) in [4.78, 5) is 2.65. The molecule has 1 saturated carbocycles. The summed E-state index contributed by atoms with van der Waals surface area (Å²) in [6.45, 7) is 10.5. The first-order chi connectivity index (χ1) is 7.29. The summed E-state index contributed by atoms with van der Waals surface area (Å²) in [5.41, 5.74) is 0. The van der Waals surface area contributed by atoms with Gasteiger partial charge in [-0.25, -0.2) is 0 Å². The van der Waals surface area contributed by atoms with Crippen LogP contribution in [0.25, 0.3) is 0 Å². The summed E-state index contributed by atoms with van der Waals surface area (Å²) in [5.74, 6) is 0. The lowest BCUT2D eigenvalue weighted by Crippen LogP contribution is -2.41. The Morgan fingerprint density at radius 3 is 2.53 bits per heavy atom. The molecule has 1 atom stereocenters. The molecular weight excluding hydrogens is 184 g/mol. The Kier molecular flexibility index (Phi) is 6.26. The summed E-state index contributed by atoms with van der Waals surface area (Å²) in [6, 6.07) is 1.62. The molecule has 1 fully saturated rings. The number of unbranched alkanes of at least 4 members (excludes halogenated alkanes) is 2. The van der Waals surface area contributed by atoms with Crippen molar-refractivity contribution in [3.63, 3.8) is 0 Å². The van der Waals surface area contributed by atoms with Crippen LogP contribution in [0.15, 0.2) is 0 Å². The molecule has 0 radical (unpaired) electrons. The van der Waals surface area contributed by atoms with Crippen LogP contribution in [0.3, 0.4) is 0 Å². The molecule has 90 valence electrons. The summed E-state index contributed by atoms with van der Waals surface area (Å²) >= 11 is 0. The van der Waals surface area contributed by atoms with E-state index in [1.54, 1.807) is 0 Å². The van der Waals surface area contributed by atoms with Gasteiger partial charge in [0.1, 0.15) is 0 Å². The minimum absolute atomic E-state index is 0.712. The van der Waals surface area contributed by atoms with Crippen molar-refractivity contribution < 1.29 is 0 Å². The number of hydrogen-bond donors (Lipinski definition) is 1. The Bertz CT molecular complexity index is 155. The molecule has 2 nitrogen and oxygen atoms in total. The van der Waals surface area contributed by atoms with Gasteiger partial charge in [0, 0.05) is 18.6 Å². The van der Waals surface area contributed by atoms with Crippen LogP contribution in [0.4, 0.5) is 0 Å². The van der Waals surface area contributed by atoms with Crippen molar-refractivity contribution >= 4 is 0 Å². The Morgan fingerprint density at radius 2 is 2.00 bits per heavy atom. The van der Waals surface area contributed by atoms with E-state index in [1.165, 1.54) is 45.2 Å². The van der Waals surface area contributed by atoms with Crippen LogP contribution in [0.5, 0.6) is 0 Å². The highest BCUT2D eigenvalue weighted by Gasteiger charge is 2.30. The van der Waals surface area contributed by atoms with E-state index in [0.29, 0.717) is 6.04 Å². The molecule has 0 aromatic heterocycles. The van der Waals surface area contributed by atoms with E-state index in [2.05, 4.69) is 31.0 Å². The summed E-state index contributed by atoms with van der Waals surface area (Å²) in [5, 5.41) is 3.58. The van der Waals surface area contributed by atoms with Crippen LogP contribution in [0.1, 0.15) is 52.9 Å². The number of nitrogens with one attached hydrogen (secondary N) is 1. The lowest BCUT2D eigenvalue weighted by atomic mass is 10.2. The van der Waals surface area contributed by atoms with Gasteiger partial charge in [0.2, 0.25) is 0 Å². The molecule has 0 heterocycles. The van der Waals surface area contributed by atoms with Crippen molar-refractivity contribution in [3.8, 4) is 0 Å². The normalized spacial score (nSPS) is 18.4. The number of hydrogen-bond acceptors (Lipinski definition) is 2. The quantitative estimate of drug-likeness (QED) is 0.591. The third-order valence-corrected chi connectivity index (χ3v) is 3.34. The summed E-state index contributed by atoms with van der Waals surface area (Å²) in [6.07, 6.45) is 6.86. The zero-order chi connectivity index (χ0) is 11.1. The van der Waals surface area contributed by atoms with Gasteiger partial charge in [0.05, 0.1) is 0 Å². The maximum absolute atomic E-state index is 3.58. The molecule has 0 aromatic carbocycles. The maximum atomic E-state index is 3.58. The van der Waals surface area contributed by atoms with E-state index in [0.717, 1.165) is 12.6 Å². The SMILES string of the molecule is CCCCCNCC(C)N(CC)C1CC1. The number of likely N-dealkylation sites (N-methyl/N-ethyl adjacent to an activating group) is 1. The molecule has 1 unspecified atom stereocenters. The first kappa shape index (κ1) is 13.0. The Morgan fingerprint density at radius 1 is 1.27 bits per heavy atom. The van der Waals surface area contributed by atoms with Crippen LogP contribution in [0, 0.1) is 0 Å². The average Bonchev–Trinajstić information content (AvgIpc) is 3.03. The second-order valence-electron chi connectivity index (χ2n) is 4.82. The minimum atomic E-state index is 0.712. The van der Waals surface area contributed by atoms with Gasteiger partial charge in [-0.2, -0.15) is 0 Å². The predicted octanol–water partition coefficient (Wildman–Crippen LogP) is 2.64. The molecule has 1 rings (SSSR count). The summed E-state index contributed by atoms with van der Waals surface area (Å²) in [7, 11) is 0. The van der Waals surface area contributed by atoms with Crippen molar-refractivity contribution in [2.45, 2.75) is 65.0 Å². The molecule has 1 aliphatic rings. The Hall–Kier alpha value is -0.0800. The molecule has 2 heteroatoms. The van der Waals surface area contributed by atoms with E-state index >= 15 is 0 Å². The van der Waals surface area contributed by atoms with E-state index < -0.39 is 0 Å². The largest absolute Gasteiger partial charge is 0.315 e. The Balaban J connectivity index is 2.03. The monoisotopic (exact) mass is 212 g/mol. The smallest absolute Gasteiger partial charge is 0.0195 e. The standard InChI is InChI=1S/C13H28N2/c1-4-6-7-10-14-11-12(3)15(5-2)13-8-9-13/h12-14H,4-11H2,1-3H3. The molecule has 1 N–H and O–H groups in total. The van der Waals surface area contributed by atoms with Gasteiger partial charge in [-0.05, 0) is 39.3 Å². The third kappa shape index (κ3) is 4.98. The van der Waals surface area contributed by atoms with Gasteiger partial charge in [0.25, 0.3) is 0 Å². The van der Waals surface area contributed by atoms with Gasteiger partial charge < -0.3 is 5.32 Å². The predicted molar refractivity (Wildman–Crippen MR) is 67.3 cm³/mol. The molecule has 15 heavy (non-hydrogen) atoms. The zero-order valence-electron chi connectivity index (χ0n) is 10.8. The highest BCUT2D eigenvalue weighted by Crippen LogP contribution is 2.27. The fraction of sp³-hybridized carbons (Fsp3) is 1.00. The molecule has 0 spiro atoms. The van der Waals surface area contributed by atoms with Gasteiger partial charge >= 0.3 is 0 Å². The first-order valence-corrected chi connectivity index (χ1v) is 6.76. The fourth-order valence-electron chi connectivity index (χ4n) is 2.26. The van der Waals surface area contributed by atoms with Crippen LogP contribution in [-0.2, 0) is 0 Å². The van der Waals surface area contributed by atoms with Crippen LogP contribution >= 0.6 is 0 Å². The molecule has 1 aliphatic carbocycles. The van der Waals surface area contributed by atoms with Crippen molar-refractivity contribution in [2.24, 2.45) is 0 Å². The second-order valence-corrected chi connectivity index (χ2v) is 4.82. The van der Waals surface area contributed by atoms with Crippen molar-refractivity contribution in [3.05, 3.63) is 0 Å². The first-order valence-electron chi connectivity index (χ1n) is 6.76. The van der Waals surface area contributed by atoms with E-state index in [9.17, 15) is 0 Å². The fourth-order valence-corrected chi connectivity index (χ4v) is 2.26. The number of rotatable bonds is 9. The molecule has 0 aliphatic heterocycles. The van der Waals surface area contributed by atoms with Gasteiger partial charge in [0.15, 0.2) is 0 Å². The molecule has 0 saturated heterocycles. The Labute approximate surface area is 95.4 Å². The molecular formula is C13H28N2. The van der Waals surface area contributed by atoms with Crippen molar-refractivity contribution in [1.29, 1.82) is 0 Å². The maximum Gasteiger partial charge on any atom is 0.0195 e. The van der Waals surface area contributed by atoms with Gasteiger partial charge in [-0.15, -0.1) is 0 Å². The second kappa shape index (κ2) is 7.24. The van der Waals surface area contributed by atoms with Crippen LogP contribution in [0.2, 0.25) is 0 Å². The number of nitrogens with zero attached hydrogens (tertiary/aromatic N) is 1. The average molecular weight is 212 g/mol. The topological polar surface area (TPSA) is 15.3 Å². The minimum Gasteiger partial charge on any atom is -0.315 e. The van der Waals surface area contributed by atoms with E-state index in [1.807, 2.05) is 0 Å². The molecule has 0 bridgehead atoms.